The zero-order valence-electron chi connectivity index (χ0n) is 8.53. The van der Waals surface area contributed by atoms with Crippen molar-refractivity contribution < 1.29 is 14.6 Å². The average Bonchev–Trinajstić information content (AvgIpc) is 2.56. The molecule has 1 fully saturated rings. The maximum Gasteiger partial charge on any atom is 0.123 e. The molecule has 2 heterocycles. The van der Waals surface area contributed by atoms with Gasteiger partial charge in [-0.05, 0) is 18.2 Å². The number of fused-ring (bicyclic) bond motifs is 1. The first-order valence-corrected chi connectivity index (χ1v) is 5.36. The topological polar surface area (TPSA) is 38.7 Å². The third-order valence-electron chi connectivity index (χ3n) is 3.29. The molecule has 0 saturated carbocycles. The summed E-state index contributed by atoms with van der Waals surface area (Å²) in [6.07, 6.45) is 2.80. The number of benzene rings is 1. The van der Waals surface area contributed by atoms with Crippen LogP contribution in [-0.2, 0) is 11.2 Å². The molecule has 0 aliphatic carbocycles. The van der Waals surface area contributed by atoms with Gasteiger partial charge in [-0.2, -0.15) is 0 Å². The molecule has 2 aliphatic rings. The molecule has 80 valence electrons. The lowest BCUT2D eigenvalue weighted by molar-refractivity contribution is -0.0330. The van der Waals surface area contributed by atoms with Crippen molar-refractivity contribution in [3.05, 3.63) is 23.8 Å². The predicted octanol–water partition coefficient (Wildman–Crippen LogP) is 1.88. The monoisotopic (exact) mass is 206 g/mol. The Balaban J connectivity index is 1.90. The van der Waals surface area contributed by atoms with E-state index < -0.39 is 0 Å². The van der Waals surface area contributed by atoms with E-state index in [4.69, 9.17) is 9.47 Å². The molecule has 3 heteroatoms. The summed E-state index contributed by atoms with van der Waals surface area (Å²) in [7, 11) is 0. The molecule has 1 spiro atoms. The van der Waals surface area contributed by atoms with Crippen molar-refractivity contribution in [3.8, 4) is 11.5 Å². The molecule has 2 aliphatic heterocycles. The molecule has 3 rings (SSSR count). The number of hydrogen-bond donors (Lipinski definition) is 1. The Morgan fingerprint density at radius 2 is 2.00 bits per heavy atom. The molecule has 0 unspecified atom stereocenters. The zero-order valence-corrected chi connectivity index (χ0v) is 8.53. The highest BCUT2D eigenvalue weighted by atomic mass is 16.5. The quantitative estimate of drug-likeness (QED) is 0.704. The lowest BCUT2D eigenvalue weighted by Gasteiger charge is -2.32. The van der Waals surface area contributed by atoms with Crippen LogP contribution in [0.2, 0.25) is 0 Å². The summed E-state index contributed by atoms with van der Waals surface area (Å²) in [5.41, 5.74) is 1.06. The van der Waals surface area contributed by atoms with E-state index in [1.165, 1.54) is 0 Å². The molecular weight excluding hydrogens is 192 g/mol. The Bertz CT molecular complexity index is 380. The lowest BCUT2D eigenvalue weighted by Crippen LogP contribution is -2.40. The number of aromatic hydroxyl groups is 1. The Kier molecular flexibility index (Phi) is 1.89. The van der Waals surface area contributed by atoms with E-state index in [-0.39, 0.29) is 5.60 Å². The molecule has 0 aromatic heterocycles. The highest BCUT2D eigenvalue weighted by molar-refractivity contribution is 5.44. The number of rotatable bonds is 0. The second kappa shape index (κ2) is 3.14. The van der Waals surface area contributed by atoms with Crippen molar-refractivity contribution in [1.82, 2.24) is 0 Å². The minimum absolute atomic E-state index is 0.0611. The first-order valence-electron chi connectivity index (χ1n) is 5.36. The van der Waals surface area contributed by atoms with Gasteiger partial charge in [0.15, 0.2) is 0 Å². The van der Waals surface area contributed by atoms with E-state index in [0.29, 0.717) is 5.75 Å². The normalized spacial score (nSPS) is 22.4. The number of ether oxygens (including phenoxy) is 2. The van der Waals surface area contributed by atoms with Gasteiger partial charge in [0.2, 0.25) is 0 Å². The minimum atomic E-state index is -0.0611. The summed E-state index contributed by atoms with van der Waals surface area (Å²) in [6, 6.07) is 5.34. The molecular formula is C12H14O3. The van der Waals surface area contributed by atoms with Crippen LogP contribution in [0.5, 0.6) is 11.5 Å². The van der Waals surface area contributed by atoms with Gasteiger partial charge in [-0.25, -0.2) is 0 Å². The predicted molar refractivity (Wildman–Crippen MR) is 55.2 cm³/mol. The Morgan fingerprint density at radius 3 is 2.80 bits per heavy atom. The van der Waals surface area contributed by atoms with E-state index in [9.17, 15) is 5.11 Å². The van der Waals surface area contributed by atoms with E-state index in [0.717, 1.165) is 43.8 Å². The third-order valence-corrected chi connectivity index (χ3v) is 3.29. The van der Waals surface area contributed by atoms with Gasteiger partial charge in [0.1, 0.15) is 17.1 Å². The fraction of sp³-hybridized carbons (Fsp3) is 0.500. The minimum Gasteiger partial charge on any atom is -0.508 e. The standard InChI is InChI=1S/C12H14O3/c13-10-1-2-11-9(7-10)8-12(15-11)3-5-14-6-4-12/h1-2,7,13H,3-6,8H2. The van der Waals surface area contributed by atoms with Crippen molar-refractivity contribution in [2.45, 2.75) is 24.9 Å². The molecule has 1 aromatic carbocycles. The SMILES string of the molecule is Oc1ccc2c(c1)CC1(CCOCC1)O2. The van der Waals surface area contributed by atoms with Crippen molar-refractivity contribution >= 4 is 0 Å². The number of hydrogen-bond acceptors (Lipinski definition) is 3. The van der Waals surface area contributed by atoms with Crippen LogP contribution in [0.15, 0.2) is 18.2 Å². The Hall–Kier alpha value is -1.22. The van der Waals surface area contributed by atoms with Gasteiger partial charge in [-0.15, -0.1) is 0 Å². The van der Waals surface area contributed by atoms with Gasteiger partial charge in [0.25, 0.3) is 0 Å². The first-order chi connectivity index (χ1) is 7.27. The zero-order chi connectivity index (χ0) is 10.3. The van der Waals surface area contributed by atoms with E-state index >= 15 is 0 Å². The second-order valence-electron chi connectivity index (χ2n) is 4.37. The maximum atomic E-state index is 9.40. The summed E-state index contributed by atoms with van der Waals surface area (Å²) in [5, 5.41) is 9.40. The molecule has 1 aromatic rings. The molecule has 15 heavy (non-hydrogen) atoms. The molecule has 0 radical (unpaired) electrons. The smallest absolute Gasteiger partial charge is 0.123 e. The van der Waals surface area contributed by atoms with Crippen molar-refractivity contribution in [2.75, 3.05) is 13.2 Å². The fourth-order valence-corrected chi connectivity index (χ4v) is 2.44. The highest BCUT2D eigenvalue weighted by Gasteiger charge is 2.40. The Morgan fingerprint density at radius 1 is 1.20 bits per heavy atom. The van der Waals surface area contributed by atoms with Crippen LogP contribution in [0.1, 0.15) is 18.4 Å². The summed E-state index contributed by atoms with van der Waals surface area (Å²) >= 11 is 0. The maximum absolute atomic E-state index is 9.40. The van der Waals surface area contributed by atoms with Gasteiger partial charge < -0.3 is 14.6 Å². The average molecular weight is 206 g/mol. The summed E-state index contributed by atoms with van der Waals surface area (Å²) in [4.78, 5) is 0. The van der Waals surface area contributed by atoms with E-state index in [2.05, 4.69) is 0 Å². The summed E-state index contributed by atoms with van der Waals surface area (Å²) in [5.74, 6) is 1.25. The molecule has 3 nitrogen and oxygen atoms in total. The molecule has 1 N–H and O–H groups in total. The van der Waals surface area contributed by atoms with Crippen LogP contribution in [-0.4, -0.2) is 23.9 Å². The Labute approximate surface area is 88.6 Å². The van der Waals surface area contributed by atoms with Gasteiger partial charge in [-0.1, -0.05) is 0 Å². The highest BCUT2D eigenvalue weighted by Crippen LogP contribution is 2.41. The fourth-order valence-electron chi connectivity index (χ4n) is 2.44. The summed E-state index contributed by atoms with van der Waals surface area (Å²) < 4.78 is 11.3. The van der Waals surface area contributed by atoms with E-state index in [1.54, 1.807) is 12.1 Å². The van der Waals surface area contributed by atoms with Crippen LogP contribution < -0.4 is 4.74 Å². The van der Waals surface area contributed by atoms with Crippen LogP contribution >= 0.6 is 0 Å². The second-order valence-corrected chi connectivity index (χ2v) is 4.37. The molecule has 0 amide bonds. The lowest BCUT2D eigenvalue weighted by atomic mass is 9.89. The van der Waals surface area contributed by atoms with Gasteiger partial charge in [0, 0.05) is 24.8 Å². The van der Waals surface area contributed by atoms with Gasteiger partial charge in [-0.3, -0.25) is 0 Å². The summed E-state index contributed by atoms with van der Waals surface area (Å²) in [6.45, 7) is 1.56. The molecule has 1 saturated heterocycles. The largest absolute Gasteiger partial charge is 0.508 e. The van der Waals surface area contributed by atoms with Crippen LogP contribution in [0.3, 0.4) is 0 Å². The van der Waals surface area contributed by atoms with Gasteiger partial charge in [0.05, 0.1) is 13.2 Å². The van der Waals surface area contributed by atoms with Crippen LogP contribution in [0.25, 0.3) is 0 Å². The molecule has 0 atom stereocenters. The van der Waals surface area contributed by atoms with Crippen LogP contribution in [0.4, 0.5) is 0 Å². The third kappa shape index (κ3) is 1.47. The van der Waals surface area contributed by atoms with Crippen molar-refractivity contribution in [2.24, 2.45) is 0 Å². The van der Waals surface area contributed by atoms with E-state index in [1.807, 2.05) is 6.07 Å². The van der Waals surface area contributed by atoms with Gasteiger partial charge >= 0.3 is 0 Å². The first kappa shape index (κ1) is 9.04. The molecule has 0 bridgehead atoms. The number of phenolic OH excluding ortho intramolecular Hbond substituents is 1. The van der Waals surface area contributed by atoms with Crippen molar-refractivity contribution in [1.29, 1.82) is 0 Å². The number of phenols is 1. The van der Waals surface area contributed by atoms with Crippen LogP contribution in [0, 0.1) is 0 Å². The van der Waals surface area contributed by atoms with Crippen molar-refractivity contribution in [3.63, 3.8) is 0 Å².